The number of hydrogen-bond donors (Lipinski definition) is 1. The third kappa shape index (κ3) is 12.2. The molecule has 0 saturated carbocycles. The Hall–Kier alpha value is 0.260. The summed E-state index contributed by atoms with van der Waals surface area (Å²) < 4.78 is 21.7. The molecule has 0 aliphatic heterocycles. The van der Waals surface area contributed by atoms with Crippen LogP contribution < -0.4 is 5.32 Å². The van der Waals surface area contributed by atoms with Gasteiger partial charge in [-0.2, -0.15) is 11.8 Å². The van der Waals surface area contributed by atoms with Crippen molar-refractivity contribution in [3.05, 3.63) is 0 Å². The smallest absolute Gasteiger partial charge is 0.148 e. The summed E-state index contributed by atoms with van der Waals surface area (Å²) in [4.78, 5) is 0. The lowest BCUT2D eigenvalue weighted by molar-refractivity contribution is 0.539. The van der Waals surface area contributed by atoms with Crippen molar-refractivity contribution >= 4 is 21.6 Å². The molecule has 3 nitrogen and oxygen atoms in total. The largest absolute Gasteiger partial charge is 0.317 e. The molecule has 0 aromatic heterocycles. The highest BCUT2D eigenvalue weighted by molar-refractivity contribution is 8.00. The maximum Gasteiger partial charge on any atom is 0.148 e. The van der Waals surface area contributed by atoms with Gasteiger partial charge in [0, 0.05) is 18.1 Å². The molecule has 0 rings (SSSR count). The van der Waals surface area contributed by atoms with Crippen LogP contribution in [-0.2, 0) is 9.84 Å². The zero-order valence-electron chi connectivity index (χ0n) is 9.95. The lowest BCUT2D eigenvalue weighted by Crippen LogP contribution is -2.20. The van der Waals surface area contributed by atoms with Gasteiger partial charge < -0.3 is 5.32 Å². The molecular formula is C10H23NO2S2. The van der Waals surface area contributed by atoms with Crippen LogP contribution in [0.5, 0.6) is 0 Å². The predicted octanol–water partition coefficient (Wildman–Crippen LogP) is 1.54. The number of thioether (sulfide) groups is 1. The summed E-state index contributed by atoms with van der Waals surface area (Å²) >= 11 is 1.74. The van der Waals surface area contributed by atoms with Crippen molar-refractivity contribution in [2.24, 2.45) is 0 Å². The van der Waals surface area contributed by atoms with Gasteiger partial charge in [-0.1, -0.05) is 6.42 Å². The van der Waals surface area contributed by atoms with Gasteiger partial charge in [0.1, 0.15) is 9.84 Å². The lowest BCUT2D eigenvalue weighted by Gasteiger charge is -2.08. The van der Waals surface area contributed by atoms with E-state index >= 15 is 0 Å². The number of unbranched alkanes of at least 4 members (excludes halogenated alkanes) is 1. The predicted molar refractivity (Wildman–Crippen MR) is 69.4 cm³/mol. The first-order valence-corrected chi connectivity index (χ1v) is 8.60. The van der Waals surface area contributed by atoms with Gasteiger partial charge in [-0.05, 0) is 32.6 Å². The third-order valence-corrected chi connectivity index (χ3v) is 4.54. The van der Waals surface area contributed by atoms with Gasteiger partial charge in [0.25, 0.3) is 0 Å². The lowest BCUT2D eigenvalue weighted by atomic mass is 10.1. The van der Waals surface area contributed by atoms with Crippen molar-refractivity contribution < 1.29 is 8.42 Å². The van der Waals surface area contributed by atoms with E-state index in [9.17, 15) is 8.42 Å². The molecule has 0 amide bonds. The molecule has 0 fully saturated rings. The molecule has 0 bridgehead atoms. The molecule has 15 heavy (non-hydrogen) atoms. The Kier molecular flexibility index (Phi) is 8.56. The van der Waals surface area contributed by atoms with E-state index in [0.29, 0.717) is 11.8 Å². The highest BCUT2D eigenvalue weighted by atomic mass is 32.2. The molecule has 0 aliphatic carbocycles. The monoisotopic (exact) mass is 253 g/mol. The highest BCUT2D eigenvalue weighted by Crippen LogP contribution is 2.08. The third-order valence-electron chi connectivity index (χ3n) is 2.27. The average Bonchev–Trinajstić information content (AvgIpc) is 2.14. The minimum Gasteiger partial charge on any atom is -0.317 e. The van der Waals surface area contributed by atoms with Gasteiger partial charge in [-0.15, -0.1) is 0 Å². The van der Waals surface area contributed by atoms with E-state index < -0.39 is 9.84 Å². The second-order valence-electron chi connectivity index (χ2n) is 3.93. The van der Waals surface area contributed by atoms with Crippen LogP contribution in [-0.4, -0.2) is 45.0 Å². The zero-order chi connectivity index (χ0) is 11.7. The van der Waals surface area contributed by atoms with Crippen molar-refractivity contribution in [1.29, 1.82) is 0 Å². The molecule has 1 unspecified atom stereocenters. The van der Waals surface area contributed by atoms with Crippen molar-refractivity contribution in [3.63, 3.8) is 0 Å². The summed E-state index contributed by atoms with van der Waals surface area (Å²) in [5, 5.41) is 3.20. The van der Waals surface area contributed by atoms with E-state index in [4.69, 9.17) is 0 Å². The first-order valence-electron chi connectivity index (χ1n) is 5.38. The molecule has 1 atom stereocenters. The fourth-order valence-corrected chi connectivity index (χ4v) is 3.41. The first-order chi connectivity index (χ1) is 6.95. The molecular weight excluding hydrogens is 230 g/mol. The van der Waals surface area contributed by atoms with Crippen molar-refractivity contribution in [2.75, 3.05) is 30.6 Å². The Balaban J connectivity index is 3.19. The minimum atomic E-state index is -2.77. The van der Waals surface area contributed by atoms with Gasteiger partial charge >= 0.3 is 0 Å². The molecule has 0 spiro atoms. The number of rotatable bonds is 9. The second kappa shape index (κ2) is 8.42. The van der Waals surface area contributed by atoms with E-state index in [2.05, 4.69) is 12.2 Å². The van der Waals surface area contributed by atoms with Gasteiger partial charge in [-0.25, -0.2) is 8.42 Å². The minimum absolute atomic E-state index is 0.310. The Morgan fingerprint density at radius 1 is 1.27 bits per heavy atom. The van der Waals surface area contributed by atoms with E-state index in [0.717, 1.165) is 11.5 Å². The molecule has 0 aromatic rings. The maximum absolute atomic E-state index is 10.8. The SMILES string of the molecule is CNC(C)CCCCSCCS(C)(=O)=O. The Morgan fingerprint density at radius 3 is 2.47 bits per heavy atom. The average molecular weight is 253 g/mol. The molecule has 0 radical (unpaired) electrons. The molecule has 1 N–H and O–H groups in total. The molecule has 5 heteroatoms. The first kappa shape index (κ1) is 15.3. The molecule has 92 valence electrons. The summed E-state index contributed by atoms with van der Waals surface area (Å²) in [5.74, 6) is 2.12. The van der Waals surface area contributed by atoms with Crippen LogP contribution in [0.1, 0.15) is 26.2 Å². The van der Waals surface area contributed by atoms with Crippen LogP contribution in [0.4, 0.5) is 0 Å². The molecule has 0 saturated heterocycles. The van der Waals surface area contributed by atoms with E-state index in [1.165, 1.54) is 25.5 Å². The zero-order valence-corrected chi connectivity index (χ0v) is 11.6. The van der Waals surface area contributed by atoms with E-state index in [-0.39, 0.29) is 0 Å². The summed E-state index contributed by atoms with van der Waals surface area (Å²) in [5.41, 5.74) is 0. The van der Waals surface area contributed by atoms with Crippen LogP contribution in [0.15, 0.2) is 0 Å². The Morgan fingerprint density at radius 2 is 1.93 bits per heavy atom. The topological polar surface area (TPSA) is 46.2 Å². The fraction of sp³-hybridized carbons (Fsp3) is 1.00. The number of hydrogen-bond acceptors (Lipinski definition) is 4. The maximum atomic E-state index is 10.8. The molecule has 0 heterocycles. The Bertz CT molecular complexity index is 240. The normalized spacial score (nSPS) is 14.1. The summed E-state index contributed by atoms with van der Waals surface area (Å²) in [6.07, 6.45) is 4.89. The number of sulfone groups is 1. The van der Waals surface area contributed by atoms with Crippen LogP contribution in [0.3, 0.4) is 0 Å². The summed E-state index contributed by atoms with van der Waals surface area (Å²) in [7, 11) is -0.787. The molecule has 0 aromatic carbocycles. The quantitative estimate of drug-likeness (QED) is 0.633. The van der Waals surface area contributed by atoms with Crippen LogP contribution >= 0.6 is 11.8 Å². The van der Waals surface area contributed by atoms with Crippen molar-refractivity contribution in [2.45, 2.75) is 32.2 Å². The van der Waals surface area contributed by atoms with Gasteiger partial charge in [0.15, 0.2) is 0 Å². The highest BCUT2D eigenvalue weighted by Gasteiger charge is 2.01. The van der Waals surface area contributed by atoms with Crippen LogP contribution in [0.2, 0.25) is 0 Å². The van der Waals surface area contributed by atoms with Crippen LogP contribution in [0.25, 0.3) is 0 Å². The number of nitrogens with one attached hydrogen (secondary N) is 1. The molecule has 0 aliphatic rings. The van der Waals surface area contributed by atoms with E-state index in [1.807, 2.05) is 7.05 Å². The Labute approximate surface area is 98.3 Å². The van der Waals surface area contributed by atoms with Crippen molar-refractivity contribution in [3.8, 4) is 0 Å². The summed E-state index contributed by atoms with van der Waals surface area (Å²) in [6.45, 7) is 2.18. The fourth-order valence-electron chi connectivity index (χ4n) is 1.11. The van der Waals surface area contributed by atoms with Gasteiger partial charge in [0.05, 0.1) is 5.75 Å². The van der Waals surface area contributed by atoms with E-state index in [1.54, 1.807) is 11.8 Å². The van der Waals surface area contributed by atoms with Crippen LogP contribution in [0, 0.1) is 0 Å². The summed E-state index contributed by atoms with van der Waals surface area (Å²) in [6, 6.07) is 0.589. The van der Waals surface area contributed by atoms with Crippen molar-refractivity contribution in [1.82, 2.24) is 5.32 Å². The second-order valence-corrected chi connectivity index (χ2v) is 7.41. The van der Waals surface area contributed by atoms with Gasteiger partial charge in [0.2, 0.25) is 0 Å². The van der Waals surface area contributed by atoms with Gasteiger partial charge in [-0.3, -0.25) is 0 Å². The standard InChI is InChI=1S/C10H23NO2S2/c1-10(11-2)6-4-5-7-14-8-9-15(3,12)13/h10-11H,4-9H2,1-3H3.